The van der Waals surface area contributed by atoms with Crippen LogP contribution in [0.1, 0.15) is 22.8 Å². The Morgan fingerprint density at radius 1 is 1.07 bits per heavy atom. The van der Waals surface area contributed by atoms with Crippen molar-refractivity contribution < 1.29 is 23.8 Å². The van der Waals surface area contributed by atoms with Crippen LogP contribution in [0.15, 0.2) is 41.5 Å². The third kappa shape index (κ3) is 6.08. The van der Waals surface area contributed by atoms with Crippen molar-refractivity contribution in [3.05, 3.63) is 51.1 Å². The van der Waals surface area contributed by atoms with Gasteiger partial charge in [-0.05, 0) is 71.5 Å². The summed E-state index contributed by atoms with van der Waals surface area (Å²) in [6.45, 7) is 1.58. The molecule has 2 N–H and O–H groups in total. The van der Waals surface area contributed by atoms with E-state index in [1.165, 1.54) is 6.21 Å². The molecule has 1 unspecified atom stereocenters. The lowest BCUT2D eigenvalue weighted by atomic mass is 10.2. The van der Waals surface area contributed by atoms with Crippen LogP contribution in [0.4, 0.5) is 0 Å². The number of rotatable bonds is 8. The molecule has 0 radical (unpaired) electrons. The Morgan fingerprint density at radius 3 is 2.34 bits per heavy atom. The normalized spacial score (nSPS) is 11.6. The molecule has 0 aliphatic carbocycles. The molecule has 0 saturated carbocycles. The van der Waals surface area contributed by atoms with Crippen molar-refractivity contribution >= 4 is 40.6 Å². The largest absolute Gasteiger partial charge is 0.497 e. The Balaban J connectivity index is 1.95. The van der Waals surface area contributed by atoms with E-state index >= 15 is 0 Å². The number of halogens is 1. The molecule has 0 aliphatic rings. The molecule has 154 valence electrons. The smallest absolute Gasteiger partial charge is 0.262 e. The van der Waals surface area contributed by atoms with Crippen LogP contribution in [0.5, 0.6) is 17.2 Å². The standard InChI is InChI=1S/C20H22IN3O5/c1-12(23-20(26)14-5-7-15(27-2)8-6-14)19(25)24-22-11-13-9-16(21)18(29-4)17(10-13)28-3/h5-12H,1-4H3,(H,23,26)(H,24,25). The Kier molecular flexibility index (Phi) is 8.25. The average molecular weight is 511 g/mol. The minimum atomic E-state index is -0.771. The van der Waals surface area contributed by atoms with E-state index in [1.807, 2.05) is 6.07 Å². The summed E-state index contributed by atoms with van der Waals surface area (Å²) < 4.78 is 16.5. The molecule has 0 bridgehead atoms. The fourth-order valence-corrected chi connectivity index (χ4v) is 3.21. The van der Waals surface area contributed by atoms with E-state index in [0.717, 1.165) is 9.13 Å². The Labute approximate surface area is 182 Å². The number of hydrogen-bond donors (Lipinski definition) is 2. The van der Waals surface area contributed by atoms with Crippen LogP contribution in [0.3, 0.4) is 0 Å². The van der Waals surface area contributed by atoms with E-state index in [4.69, 9.17) is 14.2 Å². The van der Waals surface area contributed by atoms with Crippen LogP contribution >= 0.6 is 22.6 Å². The third-order valence-electron chi connectivity index (χ3n) is 3.94. The summed E-state index contributed by atoms with van der Waals surface area (Å²) in [5.74, 6) is 1.02. The van der Waals surface area contributed by atoms with Crippen molar-refractivity contribution in [2.75, 3.05) is 21.3 Å². The van der Waals surface area contributed by atoms with Crippen LogP contribution in [0.2, 0.25) is 0 Å². The molecule has 9 heteroatoms. The number of ether oxygens (including phenoxy) is 3. The van der Waals surface area contributed by atoms with Crippen LogP contribution in [-0.2, 0) is 4.79 Å². The molecule has 2 amide bonds. The van der Waals surface area contributed by atoms with Gasteiger partial charge < -0.3 is 19.5 Å². The number of benzene rings is 2. The number of hydrazone groups is 1. The van der Waals surface area contributed by atoms with Gasteiger partial charge in [-0.25, -0.2) is 5.43 Å². The third-order valence-corrected chi connectivity index (χ3v) is 4.74. The second-order valence-corrected chi connectivity index (χ2v) is 7.06. The molecule has 0 heterocycles. The SMILES string of the molecule is COc1ccc(C(=O)NC(C)C(=O)NN=Cc2cc(I)c(OC)c(OC)c2)cc1. The van der Waals surface area contributed by atoms with Gasteiger partial charge in [0.05, 0.1) is 31.1 Å². The molecule has 0 spiro atoms. The summed E-state index contributed by atoms with van der Waals surface area (Å²) in [5.41, 5.74) is 3.56. The maximum Gasteiger partial charge on any atom is 0.262 e. The fourth-order valence-electron chi connectivity index (χ4n) is 2.37. The van der Waals surface area contributed by atoms with Crippen molar-refractivity contribution in [1.29, 1.82) is 0 Å². The Bertz CT molecular complexity index is 900. The lowest BCUT2D eigenvalue weighted by molar-refractivity contribution is -0.122. The van der Waals surface area contributed by atoms with E-state index in [2.05, 4.69) is 38.4 Å². The van der Waals surface area contributed by atoms with Crippen molar-refractivity contribution in [3.63, 3.8) is 0 Å². The van der Waals surface area contributed by atoms with Gasteiger partial charge in [-0.3, -0.25) is 9.59 Å². The zero-order valence-electron chi connectivity index (χ0n) is 16.5. The van der Waals surface area contributed by atoms with Gasteiger partial charge in [0, 0.05) is 5.56 Å². The number of methoxy groups -OCH3 is 3. The van der Waals surface area contributed by atoms with Gasteiger partial charge in [-0.1, -0.05) is 0 Å². The maximum absolute atomic E-state index is 12.2. The van der Waals surface area contributed by atoms with Gasteiger partial charge in [-0.2, -0.15) is 5.10 Å². The first kappa shape index (κ1) is 22.5. The quantitative estimate of drug-likeness (QED) is 0.323. The number of hydrogen-bond acceptors (Lipinski definition) is 6. The molecular weight excluding hydrogens is 489 g/mol. The molecule has 0 aromatic heterocycles. The van der Waals surface area contributed by atoms with Crippen LogP contribution in [0, 0.1) is 3.57 Å². The lowest BCUT2D eigenvalue weighted by Gasteiger charge is -2.12. The lowest BCUT2D eigenvalue weighted by Crippen LogP contribution is -2.43. The highest BCUT2D eigenvalue weighted by molar-refractivity contribution is 14.1. The van der Waals surface area contributed by atoms with Crippen LogP contribution in [-0.4, -0.2) is 45.4 Å². The van der Waals surface area contributed by atoms with Gasteiger partial charge in [0.1, 0.15) is 11.8 Å². The molecule has 0 fully saturated rings. The maximum atomic E-state index is 12.2. The summed E-state index contributed by atoms with van der Waals surface area (Å²) in [7, 11) is 4.66. The highest BCUT2D eigenvalue weighted by Crippen LogP contribution is 2.32. The molecule has 0 saturated heterocycles. The summed E-state index contributed by atoms with van der Waals surface area (Å²) in [5, 5.41) is 6.57. The molecule has 2 aromatic carbocycles. The minimum Gasteiger partial charge on any atom is -0.497 e. The number of nitrogens with zero attached hydrogens (tertiary/aromatic N) is 1. The van der Waals surface area contributed by atoms with Crippen molar-refractivity contribution in [2.24, 2.45) is 5.10 Å². The molecule has 1 atom stereocenters. The van der Waals surface area contributed by atoms with Gasteiger partial charge in [0.2, 0.25) is 0 Å². The van der Waals surface area contributed by atoms with Crippen molar-refractivity contribution in [3.8, 4) is 17.2 Å². The Morgan fingerprint density at radius 2 is 1.76 bits per heavy atom. The summed E-state index contributed by atoms with van der Waals surface area (Å²) >= 11 is 2.12. The highest BCUT2D eigenvalue weighted by Gasteiger charge is 2.16. The average Bonchev–Trinajstić information content (AvgIpc) is 2.73. The summed E-state index contributed by atoms with van der Waals surface area (Å²) in [6.07, 6.45) is 1.49. The molecule has 2 aromatic rings. The van der Waals surface area contributed by atoms with E-state index < -0.39 is 11.9 Å². The highest BCUT2D eigenvalue weighted by atomic mass is 127. The van der Waals surface area contributed by atoms with Gasteiger partial charge >= 0.3 is 0 Å². The van der Waals surface area contributed by atoms with Gasteiger partial charge in [0.15, 0.2) is 11.5 Å². The second-order valence-electron chi connectivity index (χ2n) is 5.90. The number of carbonyl (C=O) groups excluding carboxylic acids is 2. The first-order valence-electron chi connectivity index (χ1n) is 8.59. The molecule has 0 aliphatic heterocycles. The predicted octanol–water partition coefficient (Wildman–Crippen LogP) is 2.59. The van der Waals surface area contributed by atoms with Gasteiger partial charge in [0.25, 0.3) is 11.8 Å². The van der Waals surface area contributed by atoms with Crippen LogP contribution < -0.4 is 25.0 Å². The zero-order chi connectivity index (χ0) is 21.4. The number of carbonyl (C=O) groups is 2. The summed E-state index contributed by atoms with van der Waals surface area (Å²) in [4.78, 5) is 24.4. The summed E-state index contributed by atoms with van der Waals surface area (Å²) in [6, 6.07) is 9.40. The van der Waals surface area contributed by atoms with E-state index in [0.29, 0.717) is 22.8 Å². The monoisotopic (exact) mass is 511 g/mol. The van der Waals surface area contributed by atoms with Crippen LogP contribution in [0.25, 0.3) is 0 Å². The number of nitrogens with one attached hydrogen (secondary N) is 2. The second kappa shape index (κ2) is 10.6. The molecule has 29 heavy (non-hydrogen) atoms. The number of amides is 2. The Hall–Kier alpha value is -2.82. The molecular formula is C20H22IN3O5. The first-order valence-corrected chi connectivity index (χ1v) is 9.66. The zero-order valence-corrected chi connectivity index (χ0v) is 18.6. The molecule has 2 rings (SSSR count). The van der Waals surface area contributed by atoms with Gasteiger partial charge in [-0.15, -0.1) is 0 Å². The van der Waals surface area contributed by atoms with E-state index in [-0.39, 0.29) is 5.91 Å². The topological polar surface area (TPSA) is 98.2 Å². The first-order chi connectivity index (χ1) is 13.9. The van der Waals surface area contributed by atoms with Crippen molar-refractivity contribution in [2.45, 2.75) is 13.0 Å². The fraction of sp³-hybridized carbons (Fsp3) is 0.250. The van der Waals surface area contributed by atoms with E-state index in [9.17, 15) is 9.59 Å². The van der Waals surface area contributed by atoms with E-state index in [1.54, 1.807) is 58.6 Å². The minimum absolute atomic E-state index is 0.367. The van der Waals surface area contributed by atoms with Crippen molar-refractivity contribution in [1.82, 2.24) is 10.7 Å². The predicted molar refractivity (Wildman–Crippen MR) is 118 cm³/mol. The molecule has 8 nitrogen and oxygen atoms in total.